The molecule has 1 aromatic rings. The lowest BCUT2D eigenvalue weighted by atomic mass is 10.2. The molecule has 0 amide bonds. The van der Waals surface area contributed by atoms with Crippen LogP contribution >= 0.6 is 0 Å². The van der Waals surface area contributed by atoms with Gasteiger partial charge in [0.15, 0.2) is 0 Å². The van der Waals surface area contributed by atoms with E-state index in [4.69, 9.17) is 9.84 Å². The molecule has 114 valence electrons. The molecule has 0 atom stereocenters. The van der Waals surface area contributed by atoms with Crippen molar-refractivity contribution in [2.75, 3.05) is 32.9 Å². The van der Waals surface area contributed by atoms with Gasteiger partial charge < -0.3 is 9.84 Å². The number of nitrogens with zero attached hydrogens (tertiary/aromatic N) is 1. The zero-order valence-electron chi connectivity index (χ0n) is 11.4. The van der Waals surface area contributed by atoms with Crippen molar-refractivity contribution in [1.29, 1.82) is 0 Å². The largest absolute Gasteiger partial charge is 0.395 e. The van der Waals surface area contributed by atoms with Gasteiger partial charge in [0.25, 0.3) is 0 Å². The van der Waals surface area contributed by atoms with Crippen LogP contribution in [0.2, 0.25) is 0 Å². The molecule has 0 radical (unpaired) electrons. The Balaban J connectivity index is 2.26. The summed E-state index contributed by atoms with van der Waals surface area (Å²) in [5.74, 6) is 4.50. The molecule has 1 saturated heterocycles. The summed E-state index contributed by atoms with van der Waals surface area (Å²) in [6.45, 7) is 0.996. The Morgan fingerprint density at radius 2 is 2.05 bits per heavy atom. The van der Waals surface area contributed by atoms with E-state index < -0.39 is 15.8 Å². The highest BCUT2D eigenvalue weighted by Crippen LogP contribution is 2.21. The molecule has 0 bridgehead atoms. The molecule has 0 spiro atoms. The number of ether oxygens (including phenoxy) is 1. The van der Waals surface area contributed by atoms with Crippen LogP contribution in [0.4, 0.5) is 4.39 Å². The molecule has 1 N–H and O–H groups in total. The maximum Gasteiger partial charge on any atom is 0.246 e. The van der Waals surface area contributed by atoms with E-state index in [0.29, 0.717) is 18.8 Å². The number of aliphatic hydroxyl groups is 1. The summed E-state index contributed by atoms with van der Waals surface area (Å²) in [5.41, 5.74) is 0.377. The number of aliphatic hydroxyl groups excluding tert-OH is 1. The Bertz CT molecular complexity index is 657. The molecule has 1 heterocycles. The highest BCUT2D eigenvalue weighted by Gasteiger charge is 2.28. The van der Waals surface area contributed by atoms with Crippen LogP contribution < -0.4 is 0 Å². The van der Waals surface area contributed by atoms with Gasteiger partial charge >= 0.3 is 0 Å². The van der Waals surface area contributed by atoms with E-state index in [1.807, 2.05) is 0 Å². The molecule has 5 nitrogen and oxygen atoms in total. The van der Waals surface area contributed by atoms with Crippen molar-refractivity contribution in [3.05, 3.63) is 29.6 Å². The third kappa shape index (κ3) is 3.80. The lowest BCUT2D eigenvalue weighted by Crippen LogP contribution is -2.40. The van der Waals surface area contributed by atoms with Gasteiger partial charge in [-0.25, -0.2) is 12.8 Å². The smallest absolute Gasteiger partial charge is 0.246 e. The van der Waals surface area contributed by atoms with Crippen molar-refractivity contribution < 1.29 is 22.7 Å². The molecule has 1 fully saturated rings. The number of sulfonamides is 1. The minimum Gasteiger partial charge on any atom is -0.395 e. The van der Waals surface area contributed by atoms with Gasteiger partial charge in [-0.3, -0.25) is 0 Å². The van der Waals surface area contributed by atoms with Crippen molar-refractivity contribution >= 4 is 10.0 Å². The van der Waals surface area contributed by atoms with E-state index in [2.05, 4.69) is 11.8 Å². The molecule has 7 heteroatoms. The third-order valence-electron chi connectivity index (χ3n) is 2.99. The van der Waals surface area contributed by atoms with E-state index >= 15 is 0 Å². The predicted octanol–water partition coefficient (Wildman–Crippen LogP) is 0.581. The Labute approximate surface area is 123 Å². The fourth-order valence-corrected chi connectivity index (χ4v) is 3.39. The van der Waals surface area contributed by atoms with Gasteiger partial charge in [0.2, 0.25) is 10.0 Å². The minimum absolute atomic E-state index is 0.0705. The van der Waals surface area contributed by atoms with Gasteiger partial charge in [0, 0.05) is 25.1 Å². The summed E-state index contributed by atoms with van der Waals surface area (Å²) in [4.78, 5) is -0.350. The summed E-state index contributed by atoms with van der Waals surface area (Å²) < 4.78 is 45.0. The van der Waals surface area contributed by atoms with E-state index in [1.165, 1.54) is 16.4 Å². The number of hydrogen-bond acceptors (Lipinski definition) is 4. The highest BCUT2D eigenvalue weighted by atomic mass is 32.2. The number of rotatable bonds is 3. The first-order chi connectivity index (χ1) is 10.1. The van der Waals surface area contributed by atoms with Crippen molar-refractivity contribution in [2.24, 2.45) is 0 Å². The first-order valence-electron chi connectivity index (χ1n) is 6.53. The first kappa shape index (κ1) is 15.9. The van der Waals surface area contributed by atoms with E-state index in [0.717, 1.165) is 6.07 Å². The molecular weight excluding hydrogens is 297 g/mol. The number of morpholine rings is 1. The van der Waals surface area contributed by atoms with Crippen molar-refractivity contribution in [3.63, 3.8) is 0 Å². The van der Waals surface area contributed by atoms with Gasteiger partial charge in [-0.1, -0.05) is 11.8 Å². The second-order valence-electron chi connectivity index (χ2n) is 4.44. The molecule has 1 aliphatic heterocycles. The fourth-order valence-electron chi connectivity index (χ4n) is 1.93. The Morgan fingerprint density at radius 3 is 2.67 bits per heavy atom. The lowest BCUT2D eigenvalue weighted by Gasteiger charge is -2.26. The summed E-state index contributed by atoms with van der Waals surface area (Å²) in [7, 11) is -3.84. The number of halogens is 1. The van der Waals surface area contributed by atoms with Crippen LogP contribution in [0.1, 0.15) is 12.0 Å². The van der Waals surface area contributed by atoms with Gasteiger partial charge in [0.1, 0.15) is 10.7 Å². The van der Waals surface area contributed by atoms with Gasteiger partial charge in [-0.2, -0.15) is 4.31 Å². The molecule has 0 aromatic heterocycles. The average Bonchev–Trinajstić information content (AvgIpc) is 2.48. The molecule has 2 rings (SSSR count). The zero-order valence-corrected chi connectivity index (χ0v) is 12.2. The maximum absolute atomic E-state index is 14.1. The molecule has 1 aliphatic rings. The van der Waals surface area contributed by atoms with Crippen LogP contribution in [-0.2, 0) is 14.8 Å². The number of benzene rings is 1. The van der Waals surface area contributed by atoms with Crippen LogP contribution in [-0.4, -0.2) is 50.7 Å². The van der Waals surface area contributed by atoms with Crippen molar-refractivity contribution in [1.82, 2.24) is 4.31 Å². The second-order valence-corrected chi connectivity index (χ2v) is 6.34. The molecular formula is C14H16FNO4S. The Morgan fingerprint density at radius 1 is 1.33 bits per heavy atom. The van der Waals surface area contributed by atoms with Gasteiger partial charge in [-0.05, 0) is 18.2 Å². The van der Waals surface area contributed by atoms with Gasteiger partial charge in [-0.15, -0.1) is 0 Å². The normalized spacial score (nSPS) is 16.3. The van der Waals surface area contributed by atoms with Crippen LogP contribution in [0.15, 0.2) is 23.1 Å². The summed E-state index contributed by atoms with van der Waals surface area (Å²) >= 11 is 0. The quantitative estimate of drug-likeness (QED) is 0.829. The minimum atomic E-state index is -3.84. The second kappa shape index (κ2) is 7.00. The molecule has 0 aliphatic carbocycles. The van der Waals surface area contributed by atoms with E-state index in [9.17, 15) is 12.8 Å². The van der Waals surface area contributed by atoms with Crippen LogP contribution in [0, 0.1) is 17.7 Å². The van der Waals surface area contributed by atoms with Crippen LogP contribution in [0.5, 0.6) is 0 Å². The monoisotopic (exact) mass is 313 g/mol. The van der Waals surface area contributed by atoms with E-state index in [-0.39, 0.29) is 31.0 Å². The molecule has 1 aromatic carbocycles. The summed E-state index contributed by atoms with van der Waals surface area (Å²) in [6.07, 6.45) is 0.287. The Hall–Kier alpha value is -1.46. The zero-order chi connectivity index (χ0) is 15.3. The fraction of sp³-hybridized carbons (Fsp3) is 0.429. The molecule has 0 saturated carbocycles. The van der Waals surface area contributed by atoms with E-state index in [1.54, 1.807) is 0 Å². The summed E-state index contributed by atoms with van der Waals surface area (Å²) in [5, 5.41) is 8.62. The molecule has 21 heavy (non-hydrogen) atoms. The maximum atomic E-state index is 14.1. The van der Waals surface area contributed by atoms with Crippen LogP contribution in [0.3, 0.4) is 0 Å². The predicted molar refractivity (Wildman–Crippen MR) is 74.6 cm³/mol. The van der Waals surface area contributed by atoms with Crippen molar-refractivity contribution in [3.8, 4) is 11.8 Å². The van der Waals surface area contributed by atoms with Gasteiger partial charge in [0.05, 0.1) is 19.8 Å². The van der Waals surface area contributed by atoms with Crippen molar-refractivity contribution in [2.45, 2.75) is 11.3 Å². The average molecular weight is 313 g/mol. The topological polar surface area (TPSA) is 66.8 Å². The SMILES string of the molecule is O=S(=O)(c1ccc(C#CCCO)cc1F)N1CCOCC1. The van der Waals surface area contributed by atoms with Crippen LogP contribution in [0.25, 0.3) is 0 Å². The molecule has 0 unspecified atom stereocenters. The standard InChI is InChI=1S/C14H16FNO4S/c15-13-11-12(3-1-2-8-17)4-5-14(13)21(18,19)16-6-9-20-10-7-16/h4-5,11,17H,2,6-10H2. The number of hydrogen-bond donors (Lipinski definition) is 1. The first-order valence-corrected chi connectivity index (χ1v) is 7.97. The lowest BCUT2D eigenvalue weighted by molar-refractivity contribution is 0.0729. The Kier molecular flexibility index (Phi) is 5.31. The summed E-state index contributed by atoms with van der Waals surface area (Å²) in [6, 6.07) is 3.78. The highest BCUT2D eigenvalue weighted by molar-refractivity contribution is 7.89. The third-order valence-corrected chi connectivity index (χ3v) is 4.92.